The molecule has 1 unspecified atom stereocenters. The molecule has 0 bridgehead atoms. The molecular formula is C19H18N2O5S. The molecule has 1 atom stereocenters. The van der Waals surface area contributed by atoms with E-state index in [1.54, 1.807) is 19.1 Å². The van der Waals surface area contributed by atoms with Crippen molar-refractivity contribution in [1.82, 2.24) is 4.98 Å². The summed E-state index contributed by atoms with van der Waals surface area (Å²) in [5.41, 5.74) is 1.83. The molecule has 3 rings (SSSR count). The van der Waals surface area contributed by atoms with Gasteiger partial charge in [-0.25, -0.2) is 18.5 Å². The molecule has 0 aliphatic heterocycles. The van der Waals surface area contributed by atoms with E-state index >= 15 is 0 Å². The number of aliphatic carboxylic acids is 1. The average molecular weight is 386 g/mol. The Balaban J connectivity index is 2.15. The highest BCUT2D eigenvalue weighted by molar-refractivity contribution is 7.89. The molecule has 0 radical (unpaired) electrons. The topological polar surface area (TPSA) is 123 Å². The Bertz CT molecular complexity index is 1060. The Morgan fingerprint density at radius 3 is 2.26 bits per heavy atom. The first-order valence-electron chi connectivity index (χ1n) is 8.23. The second kappa shape index (κ2) is 7.34. The fraction of sp³-hybridized carbons (Fsp3) is 0.158. The molecule has 0 spiro atoms. The Labute approximate surface area is 156 Å². The lowest BCUT2D eigenvalue weighted by Crippen LogP contribution is -2.11. The maximum absolute atomic E-state index is 11.5. The molecule has 27 heavy (non-hydrogen) atoms. The summed E-state index contributed by atoms with van der Waals surface area (Å²) in [6.45, 7) is 1.74. The number of nitrogens with zero attached hydrogens (tertiary/aromatic N) is 1. The van der Waals surface area contributed by atoms with Gasteiger partial charge in [-0.1, -0.05) is 37.3 Å². The third kappa shape index (κ3) is 3.91. The van der Waals surface area contributed by atoms with E-state index in [4.69, 9.17) is 9.56 Å². The van der Waals surface area contributed by atoms with Crippen molar-refractivity contribution in [1.29, 1.82) is 0 Å². The summed E-state index contributed by atoms with van der Waals surface area (Å²) in [6, 6.07) is 15.1. The molecule has 8 heteroatoms. The Morgan fingerprint density at radius 2 is 1.74 bits per heavy atom. The molecule has 0 saturated heterocycles. The fourth-order valence-electron chi connectivity index (χ4n) is 2.72. The Kier molecular flexibility index (Phi) is 5.11. The first-order chi connectivity index (χ1) is 12.8. The van der Waals surface area contributed by atoms with E-state index < -0.39 is 21.9 Å². The SMILES string of the molecule is CCC(C(=O)O)c1nc(-c2ccccc2)c(-c2ccc(S(N)(=O)=O)cc2)o1. The van der Waals surface area contributed by atoms with Gasteiger partial charge in [0.1, 0.15) is 11.6 Å². The van der Waals surface area contributed by atoms with Gasteiger partial charge in [0.05, 0.1) is 4.90 Å². The fourth-order valence-corrected chi connectivity index (χ4v) is 3.24. The number of rotatable bonds is 6. The summed E-state index contributed by atoms with van der Waals surface area (Å²) >= 11 is 0. The van der Waals surface area contributed by atoms with Crippen LogP contribution >= 0.6 is 0 Å². The molecule has 0 saturated carbocycles. The highest BCUT2D eigenvalue weighted by Crippen LogP contribution is 2.35. The van der Waals surface area contributed by atoms with Gasteiger partial charge in [0.25, 0.3) is 0 Å². The second-order valence-corrected chi connectivity index (χ2v) is 7.53. The van der Waals surface area contributed by atoms with Crippen molar-refractivity contribution in [3.63, 3.8) is 0 Å². The largest absolute Gasteiger partial charge is 0.481 e. The zero-order chi connectivity index (χ0) is 19.6. The van der Waals surface area contributed by atoms with Gasteiger partial charge in [0.2, 0.25) is 15.9 Å². The van der Waals surface area contributed by atoms with Crippen LogP contribution in [0.15, 0.2) is 63.9 Å². The number of benzene rings is 2. The molecule has 0 amide bonds. The van der Waals surface area contributed by atoms with Crippen LogP contribution in [0.1, 0.15) is 25.2 Å². The number of primary sulfonamides is 1. The van der Waals surface area contributed by atoms with Crippen molar-refractivity contribution in [2.45, 2.75) is 24.2 Å². The molecule has 3 N–H and O–H groups in total. The van der Waals surface area contributed by atoms with Crippen molar-refractivity contribution < 1.29 is 22.7 Å². The van der Waals surface area contributed by atoms with E-state index in [1.165, 1.54) is 12.1 Å². The number of carboxylic acid groups (broad SMARTS) is 1. The van der Waals surface area contributed by atoms with Gasteiger partial charge in [0.15, 0.2) is 5.76 Å². The molecule has 140 valence electrons. The summed E-state index contributed by atoms with van der Waals surface area (Å²) in [5.74, 6) is -1.41. The van der Waals surface area contributed by atoms with E-state index in [0.29, 0.717) is 23.4 Å². The van der Waals surface area contributed by atoms with Crippen LogP contribution in [0, 0.1) is 0 Å². The number of oxazole rings is 1. The van der Waals surface area contributed by atoms with Gasteiger partial charge in [-0.2, -0.15) is 0 Å². The summed E-state index contributed by atoms with van der Waals surface area (Å²) in [7, 11) is -3.81. The smallest absolute Gasteiger partial charge is 0.315 e. The molecule has 3 aromatic rings. The second-order valence-electron chi connectivity index (χ2n) is 5.96. The number of carboxylic acids is 1. The van der Waals surface area contributed by atoms with E-state index in [1.807, 2.05) is 30.3 Å². The maximum atomic E-state index is 11.5. The Morgan fingerprint density at radius 1 is 1.11 bits per heavy atom. The third-order valence-corrected chi connectivity index (χ3v) is 5.07. The molecule has 1 aromatic heterocycles. The summed E-state index contributed by atoms with van der Waals surface area (Å²) < 4.78 is 28.7. The Hall–Kier alpha value is -2.97. The number of aromatic nitrogens is 1. The molecule has 0 aliphatic rings. The first kappa shape index (κ1) is 18.8. The lowest BCUT2D eigenvalue weighted by molar-refractivity contribution is -0.139. The minimum absolute atomic E-state index is 0.0239. The van der Waals surface area contributed by atoms with Crippen molar-refractivity contribution in [3.05, 3.63) is 60.5 Å². The molecular weight excluding hydrogens is 368 g/mol. The molecule has 1 heterocycles. The van der Waals surface area contributed by atoms with Crippen LogP contribution in [-0.2, 0) is 14.8 Å². The van der Waals surface area contributed by atoms with Crippen molar-refractivity contribution in [2.24, 2.45) is 5.14 Å². The summed E-state index contributed by atoms with van der Waals surface area (Å²) in [4.78, 5) is 15.9. The van der Waals surface area contributed by atoms with E-state index in [9.17, 15) is 18.3 Å². The monoisotopic (exact) mass is 386 g/mol. The van der Waals surface area contributed by atoms with Crippen LogP contribution in [0.5, 0.6) is 0 Å². The number of carbonyl (C=O) groups is 1. The van der Waals surface area contributed by atoms with Gasteiger partial charge in [-0.3, -0.25) is 4.79 Å². The van der Waals surface area contributed by atoms with Crippen molar-refractivity contribution >= 4 is 16.0 Å². The number of sulfonamides is 1. The third-order valence-electron chi connectivity index (χ3n) is 4.14. The molecule has 0 fully saturated rings. The normalized spacial score (nSPS) is 12.7. The molecule has 2 aromatic carbocycles. The summed E-state index contributed by atoms with van der Waals surface area (Å²) in [5, 5.41) is 14.5. The number of hydrogen-bond donors (Lipinski definition) is 2. The number of nitrogens with two attached hydrogens (primary N) is 1. The predicted molar refractivity (Wildman–Crippen MR) is 99.4 cm³/mol. The molecule has 0 aliphatic carbocycles. The van der Waals surface area contributed by atoms with E-state index in [2.05, 4.69) is 4.98 Å². The summed E-state index contributed by atoms with van der Waals surface area (Å²) in [6.07, 6.45) is 0.327. The van der Waals surface area contributed by atoms with Gasteiger partial charge in [0, 0.05) is 11.1 Å². The minimum Gasteiger partial charge on any atom is -0.481 e. The van der Waals surface area contributed by atoms with Gasteiger partial charge in [-0.15, -0.1) is 0 Å². The van der Waals surface area contributed by atoms with Crippen molar-refractivity contribution in [2.75, 3.05) is 0 Å². The quantitative estimate of drug-likeness (QED) is 0.670. The highest BCUT2D eigenvalue weighted by Gasteiger charge is 2.27. The van der Waals surface area contributed by atoms with Crippen LogP contribution in [0.25, 0.3) is 22.6 Å². The zero-order valence-corrected chi connectivity index (χ0v) is 15.3. The zero-order valence-electron chi connectivity index (χ0n) is 14.5. The van der Waals surface area contributed by atoms with Crippen LogP contribution in [0.4, 0.5) is 0 Å². The van der Waals surface area contributed by atoms with E-state index in [0.717, 1.165) is 5.56 Å². The van der Waals surface area contributed by atoms with E-state index in [-0.39, 0.29) is 10.8 Å². The van der Waals surface area contributed by atoms with Crippen LogP contribution in [0.3, 0.4) is 0 Å². The standard InChI is InChI=1S/C19H18N2O5S/c1-2-15(19(22)23)18-21-16(12-6-4-3-5-7-12)17(26-18)13-8-10-14(11-9-13)27(20,24)25/h3-11,15H,2H2,1H3,(H,22,23)(H2,20,24,25). The lowest BCUT2D eigenvalue weighted by atomic mass is 10.1. The minimum atomic E-state index is -3.81. The van der Waals surface area contributed by atoms with Crippen molar-refractivity contribution in [3.8, 4) is 22.6 Å². The van der Waals surface area contributed by atoms with Gasteiger partial charge < -0.3 is 9.52 Å². The molecule has 7 nitrogen and oxygen atoms in total. The predicted octanol–water partition coefficient (Wildman–Crippen LogP) is 3.23. The van der Waals surface area contributed by atoms with Gasteiger partial charge >= 0.3 is 5.97 Å². The highest BCUT2D eigenvalue weighted by atomic mass is 32.2. The lowest BCUT2D eigenvalue weighted by Gasteiger charge is -2.04. The number of hydrogen-bond acceptors (Lipinski definition) is 5. The van der Waals surface area contributed by atoms with Crippen LogP contribution < -0.4 is 5.14 Å². The van der Waals surface area contributed by atoms with Crippen LogP contribution in [-0.4, -0.2) is 24.5 Å². The average Bonchev–Trinajstić information content (AvgIpc) is 3.07. The van der Waals surface area contributed by atoms with Gasteiger partial charge in [-0.05, 0) is 30.7 Å². The maximum Gasteiger partial charge on any atom is 0.315 e. The van der Waals surface area contributed by atoms with Crippen LogP contribution in [0.2, 0.25) is 0 Å². The first-order valence-corrected chi connectivity index (χ1v) is 9.78.